The summed E-state index contributed by atoms with van der Waals surface area (Å²) < 4.78 is 1.50. The van der Waals surface area contributed by atoms with Crippen LogP contribution in [0.5, 0.6) is 0 Å². The predicted octanol–water partition coefficient (Wildman–Crippen LogP) is 3.75. The standard InChI is InChI=1S/C25H32N6O3/c1-5-26-24(33)21-18-12-11-17(30(3)25(34)16-9-7-6-8-10-16)14-19(18)27-22(21)28-23(32)20-13-15(2)29-31(20)4/h11-14,16,27H,5-10H2,1-4H3,(H,26,33)(H,28,32). The van der Waals surface area contributed by atoms with E-state index in [1.165, 1.54) is 11.1 Å². The number of nitrogens with zero attached hydrogens (tertiary/aromatic N) is 3. The number of nitrogens with one attached hydrogen (secondary N) is 3. The maximum Gasteiger partial charge on any atom is 0.275 e. The Bertz CT molecular complexity index is 1230. The number of hydrogen-bond acceptors (Lipinski definition) is 4. The Morgan fingerprint density at radius 2 is 1.88 bits per heavy atom. The molecule has 0 radical (unpaired) electrons. The topological polar surface area (TPSA) is 112 Å². The van der Waals surface area contributed by atoms with E-state index in [0.29, 0.717) is 34.5 Å². The van der Waals surface area contributed by atoms with E-state index in [4.69, 9.17) is 0 Å². The van der Waals surface area contributed by atoms with Crippen LogP contribution in [0, 0.1) is 12.8 Å². The van der Waals surface area contributed by atoms with Gasteiger partial charge in [-0.15, -0.1) is 0 Å². The molecule has 0 unspecified atom stereocenters. The highest BCUT2D eigenvalue weighted by Crippen LogP contribution is 2.32. The molecule has 2 aromatic heterocycles. The van der Waals surface area contributed by atoms with Crippen LogP contribution >= 0.6 is 0 Å². The molecule has 9 nitrogen and oxygen atoms in total. The average molecular weight is 465 g/mol. The molecule has 1 fully saturated rings. The SMILES string of the molecule is CCNC(=O)c1c(NC(=O)c2cc(C)nn2C)[nH]c2cc(N(C)C(=O)C3CCCCC3)ccc12. The normalized spacial score (nSPS) is 14.2. The van der Waals surface area contributed by atoms with E-state index in [-0.39, 0.29) is 23.6 Å². The van der Waals surface area contributed by atoms with Crippen molar-refractivity contribution in [3.05, 3.63) is 41.2 Å². The highest BCUT2D eigenvalue weighted by atomic mass is 16.2. The largest absolute Gasteiger partial charge is 0.352 e. The van der Waals surface area contributed by atoms with E-state index >= 15 is 0 Å². The van der Waals surface area contributed by atoms with Crippen molar-refractivity contribution in [3.8, 4) is 0 Å². The Morgan fingerprint density at radius 3 is 2.53 bits per heavy atom. The first-order valence-corrected chi connectivity index (χ1v) is 11.8. The summed E-state index contributed by atoms with van der Waals surface area (Å²) in [7, 11) is 3.49. The molecule has 1 saturated carbocycles. The van der Waals surface area contributed by atoms with Crippen molar-refractivity contribution in [1.82, 2.24) is 20.1 Å². The first-order chi connectivity index (χ1) is 16.3. The van der Waals surface area contributed by atoms with Crippen molar-refractivity contribution in [3.63, 3.8) is 0 Å². The number of aryl methyl sites for hydroxylation is 2. The summed E-state index contributed by atoms with van der Waals surface area (Å²) in [5.41, 5.74) is 2.88. The van der Waals surface area contributed by atoms with Crippen molar-refractivity contribution >= 4 is 40.1 Å². The van der Waals surface area contributed by atoms with E-state index in [2.05, 4.69) is 20.7 Å². The van der Waals surface area contributed by atoms with Crippen LogP contribution in [-0.2, 0) is 11.8 Å². The number of benzene rings is 1. The number of H-pyrrole nitrogens is 1. The third kappa shape index (κ3) is 4.55. The van der Waals surface area contributed by atoms with Gasteiger partial charge in [0.25, 0.3) is 11.8 Å². The summed E-state index contributed by atoms with van der Waals surface area (Å²) in [6.45, 7) is 4.11. The van der Waals surface area contributed by atoms with Crippen molar-refractivity contribution in [1.29, 1.82) is 0 Å². The minimum atomic E-state index is -0.370. The van der Waals surface area contributed by atoms with E-state index in [0.717, 1.165) is 37.1 Å². The van der Waals surface area contributed by atoms with Crippen molar-refractivity contribution in [2.24, 2.45) is 13.0 Å². The van der Waals surface area contributed by atoms with Gasteiger partial charge in [0, 0.05) is 43.1 Å². The Kier molecular flexibility index (Phi) is 6.72. The van der Waals surface area contributed by atoms with Crippen LogP contribution in [0.15, 0.2) is 24.3 Å². The first-order valence-electron chi connectivity index (χ1n) is 11.8. The van der Waals surface area contributed by atoms with Gasteiger partial charge in [-0.1, -0.05) is 19.3 Å². The molecule has 0 aliphatic heterocycles. The number of amides is 3. The van der Waals surface area contributed by atoms with Gasteiger partial charge in [0.2, 0.25) is 5.91 Å². The molecule has 1 aromatic carbocycles. The van der Waals surface area contributed by atoms with Gasteiger partial charge in [-0.2, -0.15) is 5.10 Å². The number of aromatic amines is 1. The highest BCUT2D eigenvalue weighted by Gasteiger charge is 2.26. The molecule has 4 rings (SSSR count). The van der Waals surface area contributed by atoms with Gasteiger partial charge < -0.3 is 20.5 Å². The van der Waals surface area contributed by atoms with Crippen molar-refractivity contribution in [2.75, 3.05) is 23.8 Å². The second-order valence-corrected chi connectivity index (χ2v) is 8.95. The Hall–Kier alpha value is -3.62. The zero-order valence-electron chi connectivity index (χ0n) is 20.2. The Labute approximate surface area is 198 Å². The summed E-state index contributed by atoms with van der Waals surface area (Å²) in [6, 6.07) is 7.20. The lowest BCUT2D eigenvalue weighted by Gasteiger charge is -2.26. The van der Waals surface area contributed by atoms with Crippen LogP contribution in [-0.4, -0.2) is 46.1 Å². The quantitative estimate of drug-likeness (QED) is 0.516. The Balaban J connectivity index is 1.68. The van der Waals surface area contributed by atoms with E-state index in [1.807, 2.05) is 32.0 Å². The number of aromatic nitrogens is 3. The molecule has 1 aliphatic rings. The fourth-order valence-electron chi connectivity index (χ4n) is 4.72. The van der Waals surface area contributed by atoms with Gasteiger partial charge in [-0.05, 0) is 51.0 Å². The molecule has 3 amide bonds. The first kappa shape index (κ1) is 23.5. The molecular formula is C25H32N6O3. The van der Waals surface area contributed by atoms with Crippen molar-refractivity contribution < 1.29 is 14.4 Å². The molecule has 1 aliphatic carbocycles. The average Bonchev–Trinajstić information content (AvgIpc) is 3.36. The zero-order valence-corrected chi connectivity index (χ0v) is 20.2. The van der Waals surface area contributed by atoms with Crippen LogP contribution in [0.3, 0.4) is 0 Å². The van der Waals surface area contributed by atoms with Crippen LogP contribution in [0.1, 0.15) is 65.6 Å². The molecule has 0 atom stereocenters. The molecule has 0 saturated heterocycles. The van der Waals surface area contributed by atoms with Crippen LogP contribution < -0.4 is 15.5 Å². The van der Waals surface area contributed by atoms with Gasteiger partial charge in [0.1, 0.15) is 11.5 Å². The third-order valence-corrected chi connectivity index (χ3v) is 6.49. The number of anilines is 2. The lowest BCUT2D eigenvalue weighted by atomic mass is 9.88. The number of rotatable bonds is 6. The van der Waals surface area contributed by atoms with E-state index in [9.17, 15) is 14.4 Å². The molecule has 0 bridgehead atoms. The molecule has 3 N–H and O–H groups in total. The summed E-state index contributed by atoms with van der Waals surface area (Å²) in [6.07, 6.45) is 5.24. The molecule has 180 valence electrons. The highest BCUT2D eigenvalue weighted by molar-refractivity contribution is 6.15. The molecule has 3 aromatic rings. The maximum absolute atomic E-state index is 13.0. The van der Waals surface area contributed by atoms with Gasteiger partial charge in [0.05, 0.1) is 11.3 Å². The number of fused-ring (bicyclic) bond motifs is 1. The second-order valence-electron chi connectivity index (χ2n) is 8.95. The second kappa shape index (κ2) is 9.70. The van der Waals surface area contributed by atoms with Crippen molar-refractivity contribution in [2.45, 2.75) is 46.0 Å². The lowest BCUT2D eigenvalue weighted by Crippen LogP contribution is -2.33. The van der Waals surface area contributed by atoms with Crippen LogP contribution in [0.4, 0.5) is 11.5 Å². The number of hydrogen-bond donors (Lipinski definition) is 3. The molecule has 9 heteroatoms. The minimum Gasteiger partial charge on any atom is -0.352 e. The molecular weight excluding hydrogens is 432 g/mol. The molecule has 34 heavy (non-hydrogen) atoms. The number of carbonyl (C=O) groups excluding carboxylic acids is 3. The van der Waals surface area contributed by atoms with E-state index in [1.54, 1.807) is 25.1 Å². The van der Waals surface area contributed by atoms with Crippen LogP contribution in [0.2, 0.25) is 0 Å². The molecule has 0 spiro atoms. The maximum atomic E-state index is 13.0. The monoisotopic (exact) mass is 464 g/mol. The minimum absolute atomic E-state index is 0.0567. The fraction of sp³-hybridized carbons (Fsp3) is 0.440. The van der Waals surface area contributed by atoms with Gasteiger partial charge in [0.15, 0.2) is 0 Å². The Morgan fingerprint density at radius 1 is 1.15 bits per heavy atom. The molecule has 2 heterocycles. The summed E-state index contributed by atoms with van der Waals surface area (Å²) in [4.78, 5) is 43.7. The van der Waals surface area contributed by atoms with Gasteiger partial charge in [-0.3, -0.25) is 19.1 Å². The lowest BCUT2D eigenvalue weighted by molar-refractivity contribution is -0.123. The summed E-state index contributed by atoms with van der Waals surface area (Å²) >= 11 is 0. The summed E-state index contributed by atoms with van der Waals surface area (Å²) in [5.74, 6) is -0.172. The van der Waals surface area contributed by atoms with Crippen LogP contribution in [0.25, 0.3) is 10.9 Å². The zero-order chi connectivity index (χ0) is 24.4. The van der Waals surface area contributed by atoms with Gasteiger partial charge in [-0.25, -0.2) is 0 Å². The number of carbonyl (C=O) groups is 3. The fourth-order valence-corrected chi connectivity index (χ4v) is 4.72. The van der Waals surface area contributed by atoms with E-state index < -0.39 is 0 Å². The van der Waals surface area contributed by atoms with Gasteiger partial charge >= 0.3 is 0 Å². The summed E-state index contributed by atoms with van der Waals surface area (Å²) in [5, 5.41) is 10.5. The third-order valence-electron chi connectivity index (χ3n) is 6.49. The smallest absolute Gasteiger partial charge is 0.275 e. The predicted molar refractivity (Wildman–Crippen MR) is 132 cm³/mol.